The molecule has 0 radical (unpaired) electrons. The Labute approximate surface area is 156 Å². The van der Waals surface area contributed by atoms with Gasteiger partial charge in [-0.1, -0.05) is 0 Å². The van der Waals surface area contributed by atoms with E-state index in [9.17, 15) is 9.59 Å². The van der Waals surface area contributed by atoms with Gasteiger partial charge in [-0.3, -0.25) is 4.79 Å². The number of benzene rings is 1. The average molecular weight is 368 g/mol. The lowest BCUT2D eigenvalue weighted by Crippen LogP contribution is -2.09. The van der Waals surface area contributed by atoms with Crippen molar-refractivity contribution in [3.63, 3.8) is 0 Å². The molecule has 2 heterocycles. The van der Waals surface area contributed by atoms with Gasteiger partial charge in [-0.15, -0.1) is 5.10 Å². The van der Waals surface area contributed by atoms with Crippen molar-refractivity contribution in [1.29, 1.82) is 0 Å². The van der Waals surface area contributed by atoms with Crippen molar-refractivity contribution in [2.45, 2.75) is 34.3 Å². The standard InChI is InChI=1S/C19H20N4O4/c1-5-26-16-7-6-14(13(4)24)9-15(16)10-27-18(25)17-21-19-20-11(2)8-12(3)23(19)22-17/h6-9H,5,10H2,1-4H3. The van der Waals surface area contributed by atoms with Gasteiger partial charge in [0.15, 0.2) is 5.78 Å². The van der Waals surface area contributed by atoms with E-state index in [2.05, 4.69) is 15.1 Å². The Balaban J connectivity index is 1.82. The number of hydrogen-bond acceptors (Lipinski definition) is 7. The highest BCUT2D eigenvalue weighted by atomic mass is 16.5. The van der Waals surface area contributed by atoms with Gasteiger partial charge in [0.05, 0.1) is 6.61 Å². The zero-order valence-electron chi connectivity index (χ0n) is 15.6. The molecule has 27 heavy (non-hydrogen) atoms. The van der Waals surface area contributed by atoms with Gasteiger partial charge in [0.2, 0.25) is 0 Å². The number of nitrogens with zero attached hydrogens (tertiary/aromatic N) is 4. The molecule has 1 aromatic carbocycles. The van der Waals surface area contributed by atoms with Crippen LogP contribution in [0.2, 0.25) is 0 Å². The van der Waals surface area contributed by atoms with Crippen molar-refractivity contribution in [2.24, 2.45) is 0 Å². The number of rotatable bonds is 6. The number of fused-ring (bicyclic) bond motifs is 1. The number of hydrogen-bond donors (Lipinski definition) is 0. The van der Waals surface area contributed by atoms with E-state index in [1.54, 1.807) is 18.2 Å². The third-order valence-electron chi connectivity index (χ3n) is 3.93. The Hall–Kier alpha value is -3.29. The van der Waals surface area contributed by atoms with E-state index in [-0.39, 0.29) is 18.2 Å². The Bertz CT molecular complexity index is 1030. The third kappa shape index (κ3) is 3.94. The van der Waals surface area contributed by atoms with Crippen LogP contribution in [0.3, 0.4) is 0 Å². The number of Topliss-reactive ketones (excluding diaryl/α,β-unsaturated/α-hetero) is 1. The number of esters is 1. The summed E-state index contributed by atoms with van der Waals surface area (Å²) in [5.74, 6) is 0.0779. The summed E-state index contributed by atoms with van der Waals surface area (Å²) in [7, 11) is 0. The third-order valence-corrected chi connectivity index (χ3v) is 3.93. The van der Waals surface area contributed by atoms with Gasteiger partial charge in [-0.2, -0.15) is 4.98 Å². The molecule has 0 amide bonds. The Morgan fingerprint density at radius 1 is 1.15 bits per heavy atom. The first kappa shape index (κ1) is 18.5. The van der Waals surface area contributed by atoms with E-state index < -0.39 is 5.97 Å². The second-order valence-corrected chi connectivity index (χ2v) is 6.07. The molecule has 3 rings (SSSR count). The summed E-state index contributed by atoms with van der Waals surface area (Å²) < 4.78 is 12.4. The van der Waals surface area contributed by atoms with Crippen molar-refractivity contribution in [3.05, 3.63) is 52.6 Å². The van der Waals surface area contributed by atoms with Gasteiger partial charge >= 0.3 is 5.97 Å². The molecule has 0 N–H and O–H groups in total. The number of ether oxygens (including phenoxy) is 2. The predicted octanol–water partition coefficient (Wildman–Crippen LogP) is 2.70. The Morgan fingerprint density at radius 3 is 2.63 bits per heavy atom. The second kappa shape index (κ2) is 7.53. The van der Waals surface area contributed by atoms with Crippen LogP contribution in [0, 0.1) is 13.8 Å². The Morgan fingerprint density at radius 2 is 1.93 bits per heavy atom. The second-order valence-electron chi connectivity index (χ2n) is 6.07. The summed E-state index contributed by atoms with van der Waals surface area (Å²) in [6.07, 6.45) is 0. The summed E-state index contributed by atoms with van der Waals surface area (Å²) in [5, 5.41) is 4.15. The maximum Gasteiger partial charge on any atom is 0.378 e. The van der Waals surface area contributed by atoms with Crippen LogP contribution in [0.5, 0.6) is 5.75 Å². The zero-order valence-corrected chi connectivity index (χ0v) is 15.6. The highest BCUT2D eigenvalue weighted by molar-refractivity contribution is 5.94. The van der Waals surface area contributed by atoms with Crippen molar-refractivity contribution in [1.82, 2.24) is 19.6 Å². The highest BCUT2D eigenvalue weighted by Gasteiger charge is 2.18. The topological polar surface area (TPSA) is 95.7 Å². The molecule has 0 aliphatic rings. The summed E-state index contributed by atoms with van der Waals surface area (Å²) in [6.45, 7) is 7.43. The van der Waals surface area contributed by atoms with E-state index >= 15 is 0 Å². The lowest BCUT2D eigenvalue weighted by Gasteiger charge is -2.11. The van der Waals surface area contributed by atoms with Crippen LogP contribution >= 0.6 is 0 Å². The minimum absolute atomic E-state index is 0.0592. The summed E-state index contributed by atoms with van der Waals surface area (Å²) in [4.78, 5) is 32.4. The normalized spacial score (nSPS) is 10.8. The fourth-order valence-corrected chi connectivity index (χ4v) is 2.67. The lowest BCUT2D eigenvalue weighted by molar-refractivity contribution is 0.0455. The summed E-state index contributed by atoms with van der Waals surface area (Å²) >= 11 is 0. The van der Waals surface area contributed by atoms with Crippen molar-refractivity contribution in [3.8, 4) is 5.75 Å². The fourth-order valence-electron chi connectivity index (χ4n) is 2.67. The zero-order chi connectivity index (χ0) is 19.6. The monoisotopic (exact) mass is 368 g/mol. The number of aryl methyl sites for hydroxylation is 2. The predicted molar refractivity (Wildman–Crippen MR) is 97.0 cm³/mol. The maximum absolute atomic E-state index is 12.4. The van der Waals surface area contributed by atoms with Crippen LogP contribution < -0.4 is 4.74 Å². The smallest absolute Gasteiger partial charge is 0.378 e. The minimum Gasteiger partial charge on any atom is -0.493 e. The molecule has 0 unspecified atom stereocenters. The number of carbonyl (C=O) groups is 2. The Kier molecular flexibility index (Phi) is 5.16. The molecular formula is C19H20N4O4. The first-order chi connectivity index (χ1) is 12.9. The average Bonchev–Trinajstić information content (AvgIpc) is 3.05. The maximum atomic E-state index is 12.4. The first-order valence-electron chi connectivity index (χ1n) is 8.54. The molecule has 0 spiro atoms. The van der Waals surface area contributed by atoms with Crippen LogP contribution in [-0.4, -0.2) is 37.9 Å². The highest BCUT2D eigenvalue weighted by Crippen LogP contribution is 2.22. The molecule has 0 aliphatic heterocycles. The van der Waals surface area contributed by atoms with Crippen molar-refractivity contribution in [2.75, 3.05) is 6.61 Å². The van der Waals surface area contributed by atoms with Crippen LogP contribution in [0.25, 0.3) is 5.78 Å². The molecule has 8 nitrogen and oxygen atoms in total. The van der Waals surface area contributed by atoms with Gasteiger partial charge in [0.25, 0.3) is 11.6 Å². The molecular weight excluding hydrogens is 348 g/mol. The van der Waals surface area contributed by atoms with Crippen LogP contribution in [-0.2, 0) is 11.3 Å². The van der Waals surface area contributed by atoms with E-state index in [1.807, 2.05) is 26.8 Å². The van der Waals surface area contributed by atoms with E-state index in [1.165, 1.54) is 11.4 Å². The molecule has 8 heteroatoms. The van der Waals surface area contributed by atoms with E-state index in [0.29, 0.717) is 29.3 Å². The molecule has 3 aromatic rings. The van der Waals surface area contributed by atoms with E-state index in [0.717, 1.165) is 11.4 Å². The minimum atomic E-state index is -0.673. The SMILES string of the molecule is CCOc1ccc(C(C)=O)cc1COC(=O)c1nc2nc(C)cc(C)n2n1. The summed E-state index contributed by atoms with van der Waals surface area (Å²) in [6, 6.07) is 6.88. The molecule has 2 aromatic heterocycles. The summed E-state index contributed by atoms with van der Waals surface area (Å²) in [5.41, 5.74) is 2.73. The molecule has 0 saturated heterocycles. The van der Waals surface area contributed by atoms with Crippen molar-refractivity contribution >= 4 is 17.5 Å². The first-order valence-corrected chi connectivity index (χ1v) is 8.54. The quantitative estimate of drug-likeness (QED) is 0.487. The number of ketones is 1. The van der Waals surface area contributed by atoms with E-state index in [4.69, 9.17) is 9.47 Å². The van der Waals surface area contributed by atoms with Gasteiger partial charge < -0.3 is 9.47 Å². The largest absolute Gasteiger partial charge is 0.493 e. The molecule has 0 bridgehead atoms. The van der Waals surface area contributed by atoms with Gasteiger partial charge in [-0.25, -0.2) is 14.3 Å². The molecule has 140 valence electrons. The lowest BCUT2D eigenvalue weighted by atomic mass is 10.1. The van der Waals surface area contributed by atoms with Crippen LogP contribution in [0.1, 0.15) is 51.8 Å². The molecule has 0 saturated carbocycles. The number of carbonyl (C=O) groups excluding carboxylic acids is 2. The van der Waals surface area contributed by atoms with Gasteiger partial charge in [0.1, 0.15) is 12.4 Å². The molecule has 0 fully saturated rings. The molecule has 0 atom stereocenters. The molecule has 0 aliphatic carbocycles. The number of aromatic nitrogens is 4. The fraction of sp³-hybridized carbons (Fsp3) is 0.316. The van der Waals surface area contributed by atoms with Crippen LogP contribution in [0.15, 0.2) is 24.3 Å². The van der Waals surface area contributed by atoms with Crippen LogP contribution in [0.4, 0.5) is 0 Å². The van der Waals surface area contributed by atoms with Crippen molar-refractivity contribution < 1.29 is 19.1 Å². The van der Waals surface area contributed by atoms with Gasteiger partial charge in [0, 0.05) is 22.5 Å². The van der Waals surface area contributed by atoms with Gasteiger partial charge in [-0.05, 0) is 52.0 Å².